The molecule has 0 aromatic heterocycles. The van der Waals surface area contributed by atoms with E-state index in [0.29, 0.717) is 25.0 Å². The lowest BCUT2D eigenvalue weighted by Crippen LogP contribution is -2.53. The highest BCUT2D eigenvalue weighted by molar-refractivity contribution is 6.00. The summed E-state index contributed by atoms with van der Waals surface area (Å²) in [6, 6.07) is 0.385. The Balaban J connectivity index is 1.76. The van der Waals surface area contributed by atoms with E-state index in [0.717, 1.165) is 25.9 Å². The Labute approximate surface area is 127 Å². The molecule has 4 heteroatoms. The monoisotopic (exact) mass is 293 g/mol. The van der Waals surface area contributed by atoms with Gasteiger partial charge in [0.1, 0.15) is 11.7 Å². The summed E-state index contributed by atoms with van der Waals surface area (Å²) < 4.78 is 5.17. The first-order chi connectivity index (χ1) is 10.2. The van der Waals surface area contributed by atoms with Crippen molar-refractivity contribution in [2.45, 2.75) is 57.9 Å². The third-order valence-electron chi connectivity index (χ3n) is 5.70. The van der Waals surface area contributed by atoms with E-state index in [9.17, 15) is 9.59 Å². The SMILES string of the molecule is CCOC(=O)[C@H]1C(=O)CC(N2CCCCC2)[C@@H]2CCC[C@@H]12. The normalized spacial score (nSPS) is 37.3. The van der Waals surface area contributed by atoms with Gasteiger partial charge in [0.2, 0.25) is 0 Å². The van der Waals surface area contributed by atoms with Gasteiger partial charge in [0, 0.05) is 12.5 Å². The highest BCUT2D eigenvalue weighted by Crippen LogP contribution is 2.46. The van der Waals surface area contributed by atoms with Gasteiger partial charge in [0.15, 0.2) is 0 Å². The zero-order valence-electron chi connectivity index (χ0n) is 13.1. The fraction of sp³-hybridized carbons (Fsp3) is 0.882. The van der Waals surface area contributed by atoms with Crippen LogP contribution in [0.1, 0.15) is 51.9 Å². The van der Waals surface area contributed by atoms with Crippen LogP contribution in [0.4, 0.5) is 0 Å². The van der Waals surface area contributed by atoms with E-state index >= 15 is 0 Å². The van der Waals surface area contributed by atoms with Crippen molar-refractivity contribution in [3.8, 4) is 0 Å². The van der Waals surface area contributed by atoms with Crippen LogP contribution in [-0.2, 0) is 14.3 Å². The molecule has 2 aliphatic carbocycles. The zero-order valence-corrected chi connectivity index (χ0v) is 13.1. The van der Waals surface area contributed by atoms with Gasteiger partial charge < -0.3 is 4.74 Å². The van der Waals surface area contributed by atoms with Crippen molar-refractivity contribution in [2.75, 3.05) is 19.7 Å². The minimum atomic E-state index is -0.474. The number of ether oxygens (including phenoxy) is 1. The summed E-state index contributed by atoms with van der Waals surface area (Å²) in [4.78, 5) is 27.3. The van der Waals surface area contributed by atoms with Crippen LogP contribution in [0.2, 0.25) is 0 Å². The summed E-state index contributed by atoms with van der Waals surface area (Å²) >= 11 is 0. The third kappa shape index (κ3) is 2.87. The average Bonchev–Trinajstić information content (AvgIpc) is 2.96. The van der Waals surface area contributed by atoms with Gasteiger partial charge in [0.05, 0.1) is 6.61 Å². The Hall–Kier alpha value is -0.900. The standard InChI is InChI=1S/C17H27NO3/c1-2-21-17(20)16-13-8-6-7-12(13)14(11-15(16)19)18-9-4-3-5-10-18/h12-14,16H,2-11H2,1H3/t12-,13-,14?,16-/m1/s1. The molecule has 0 bridgehead atoms. The number of fused-ring (bicyclic) bond motifs is 1. The number of likely N-dealkylation sites (tertiary alicyclic amines) is 1. The minimum absolute atomic E-state index is 0.132. The average molecular weight is 293 g/mol. The molecule has 3 aliphatic rings. The lowest BCUT2D eigenvalue weighted by Gasteiger charge is -2.44. The van der Waals surface area contributed by atoms with Crippen molar-refractivity contribution in [3.63, 3.8) is 0 Å². The number of carbonyl (C=O) groups is 2. The van der Waals surface area contributed by atoms with Crippen LogP contribution in [0.5, 0.6) is 0 Å². The molecule has 1 heterocycles. The molecule has 118 valence electrons. The summed E-state index contributed by atoms with van der Waals surface area (Å²) in [5.41, 5.74) is 0. The van der Waals surface area contributed by atoms with E-state index in [-0.39, 0.29) is 17.7 Å². The van der Waals surface area contributed by atoms with Gasteiger partial charge in [-0.05, 0) is 57.5 Å². The van der Waals surface area contributed by atoms with Crippen molar-refractivity contribution in [1.29, 1.82) is 0 Å². The Morgan fingerprint density at radius 3 is 2.57 bits per heavy atom. The molecule has 3 fully saturated rings. The van der Waals surface area contributed by atoms with E-state index in [4.69, 9.17) is 4.74 Å². The van der Waals surface area contributed by atoms with E-state index in [2.05, 4.69) is 4.90 Å². The summed E-state index contributed by atoms with van der Waals surface area (Å²) in [6.45, 7) is 4.44. The molecule has 0 aromatic rings. The third-order valence-corrected chi connectivity index (χ3v) is 5.70. The van der Waals surface area contributed by atoms with Crippen molar-refractivity contribution in [2.24, 2.45) is 17.8 Å². The molecule has 3 rings (SSSR count). The van der Waals surface area contributed by atoms with Gasteiger partial charge >= 0.3 is 5.97 Å². The Morgan fingerprint density at radius 1 is 1.14 bits per heavy atom. The second-order valence-electron chi connectivity index (χ2n) is 6.82. The molecule has 0 spiro atoms. The molecule has 0 amide bonds. The lowest BCUT2D eigenvalue weighted by atomic mass is 9.69. The topological polar surface area (TPSA) is 46.6 Å². The highest BCUT2D eigenvalue weighted by atomic mass is 16.5. The highest BCUT2D eigenvalue weighted by Gasteiger charge is 2.51. The van der Waals surface area contributed by atoms with E-state index < -0.39 is 5.92 Å². The number of piperidine rings is 1. The van der Waals surface area contributed by atoms with Crippen LogP contribution in [0.25, 0.3) is 0 Å². The molecule has 0 aromatic carbocycles. The number of hydrogen-bond donors (Lipinski definition) is 0. The summed E-state index contributed by atoms with van der Waals surface area (Å²) in [5, 5.41) is 0. The van der Waals surface area contributed by atoms with Gasteiger partial charge in [-0.25, -0.2) is 0 Å². The van der Waals surface area contributed by atoms with Crippen molar-refractivity contribution < 1.29 is 14.3 Å². The van der Waals surface area contributed by atoms with Crippen LogP contribution in [0, 0.1) is 17.8 Å². The Morgan fingerprint density at radius 2 is 1.86 bits per heavy atom. The predicted molar refractivity (Wildman–Crippen MR) is 79.8 cm³/mol. The van der Waals surface area contributed by atoms with Gasteiger partial charge in [-0.3, -0.25) is 14.5 Å². The van der Waals surface area contributed by atoms with Crippen LogP contribution < -0.4 is 0 Å². The molecule has 2 saturated carbocycles. The smallest absolute Gasteiger partial charge is 0.316 e. The largest absolute Gasteiger partial charge is 0.465 e. The predicted octanol–water partition coefficient (Wildman–Crippen LogP) is 2.41. The van der Waals surface area contributed by atoms with E-state index in [1.54, 1.807) is 0 Å². The Bertz CT molecular complexity index is 403. The van der Waals surface area contributed by atoms with Crippen molar-refractivity contribution in [1.82, 2.24) is 4.90 Å². The fourth-order valence-corrected chi connectivity index (χ4v) is 4.82. The van der Waals surface area contributed by atoms with Crippen LogP contribution in [0.3, 0.4) is 0 Å². The zero-order chi connectivity index (χ0) is 14.8. The maximum atomic E-state index is 12.6. The maximum absolute atomic E-state index is 12.6. The summed E-state index contributed by atoms with van der Waals surface area (Å²) in [7, 11) is 0. The quantitative estimate of drug-likeness (QED) is 0.592. The minimum Gasteiger partial charge on any atom is -0.465 e. The van der Waals surface area contributed by atoms with Crippen molar-refractivity contribution >= 4 is 11.8 Å². The molecule has 1 aliphatic heterocycles. The number of carbonyl (C=O) groups excluding carboxylic acids is 2. The molecular formula is C17H27NO3. The number of ketones is 1. The molecule has 4 nitrogen and oxygen atoms in total. The molecule has 0 radical (unpaired) electrons. The first-order valence-electron chi connectivity index (χ1n) is 8.65. The van der Waals surface area contributed by atoms with Crippen LogP contribution >= 0.6 is 0 Å². The number of hydrogen-bond acceptors (Lipinski definition) is 4. The molecule has 1 unspecified atom stereocenters. The second-order valence-corrected chi connectivity index (χ2v) is 6.82. The first kappa shape index (κ1) is 15.0. The number of rotatable bonds is 3. The molecule has 21 heavy (non-hydrogen) atoms. The van der Waals surface area contributed by atoms with Gasteiger partial charge in [-0.2, -0.15) is 0 Å². The molecule has 4 atom stereocenters. The summed E-state index contributed by atoms with van der Waals surface area (Å²) in [6.07, 6.45) is 7.73. The van der Waals surface area contributed by atoms with Crippen LogP contribution in [0.15, 0.2) is 0 Å². The van der Waals surface area contributed by atoms with Gasteiger partial charge in [-0.15, -0.1) is 0 Å². The maximum Gasteiger partial charge on any atom is 0.316 e. The molecule has 1 saturated heterocycles. The lowest BCUT2D eigenvalue weighted by molar-refractivity contribution is -0.158. The molecule has 0 N–H and O–H groups in total. The van der Waals surface area contributed by atoms with Gasteiger partial charge in [0.25, 0.3) is 0 Å². The number of Topliss-reactive ketones (excluding diaryl/α,β-unsaturated/α-hetero) is 1. The fourth-order valence-electron chi connectivity index (χ4n) is 4.82. The molecular weight excluding hydrogens is 266 g/mol. The first-order valence-corrected chi connectivity index (χ1v) is 8.65. The van der Waals surface area contributed by atoms with E-state index in [1.807, 2.05) is 6.92 Å². The summed E-state index contributed by atoms with van der Waals surface area (Å²) in [5.74, 6) is 0.148. The van der Waals surface area contributed by atoms with Gasteiger partial charge in [-0.1, -0.05) is 12.8 Å². The second kappa shape index (κ2) is 6.47. The van der Waals surface area contributed by atoms with E-state index in [1.165, 1.54) is 25.7 Å². The van der Waals surface area contributed by atoms with Crippen LogP contribution in [-0.4, -0.2) is 42.4 Å². The Kier molecular flexibility index (Phi) is 4.63. The van der Waals surface area contributed by atoms with Crippen molar-refractivity contribution in [3.05, 3.63) is 0 Å². The number of nitrogens with zero attached hydrogens (tertiary/aromatic N) is 1. The number of esters is 1.